The van der Waals surface area contributed by atoms with Crippen LogP contribution in [0.1, 0.15) is 19.0 Å². The van der Waals surface area contributed by atoms with E-state index in [2.05, 4.69) is 20.9 Å². The average molecular weight is 341 g/mol. The zero-order valence-corrected chi connectivity index (χ0v) is 11.6. The third kappa shape index (κ3) is 4.38. The molecule has 0 bridgehead atoms. The number of rotatable bonds is 5. The third-order valence-electron chi connectivity index (χ3n) is 2.24. The Morgan fingerprint density at radius 2 is 2.11 bits per heavy atom. The van der Waals surface area contributed by atoms with Crippen LogP contribution in [0.5, 0.6) is 0 Å². The summed E-state index contributed by atoms with van der Waals surface area (Å²) in [7, 11) is 0. The summed E-state index contributed by atoms with van der Waals surface area (Å²) in [6.45, 7) is 1.73. The fourth-order valence-electron chi connectivity index (χ4n) is 1.51. The summed E-state index contributed by atoms with van der Waals surface area (Å²) in [6.07, 6.45) is -3.98. The van der Waals surface area contributed by atoms with Gasteiger partial charge in [-0.05, 0) is 34.5 Å². The van der Waals surface area contributed by atoms with Gasteiger partial charge in [-0.25, -0.2) is 4.98 Å². The Morgan fingerprint density at radius 1 is 1.47 bits per heavy atom. The average Bonchev–Trinajstić information content (AvgIpc) is 2.27. The predicted molar refractivity (Wildman–Crippen MR) is 67.1 cm³/mol. The van der Waals surface area contributed by atoms with Crippen LogP contribution < -0.4 is 4.90 Å². The van der Waals surface area contributed by atoms with Crippen LogP contribution >= 0.6 is 15.9 Å². The Labute approximate surface area is 116 Å². The second-order valence-corrected chi connectivity index (χ2v) is 4.67. The minimum atomic E-state index is -4.59. The minimum Gasteiger partial charge on any atom is -0.480 e. The van der Waals surface area contributed by atoms with Crippen molar-refractivity contribution in [2.45, 2.75) is 19.5 Å². The van der Waals surface area contributed by atoms with Gasteiger partial charge in [0.2, 0.25) is 0 Å². The number of alkyl halides is 3. The van der Waals surface area contributed by atoms with Gasteiger partial charge in [0.15, 0.2) is 5.69 Å². The van der Waals surface area contributed by atoms with E-state index >= 15 is 0 Å². The van der Waals surface area contributed by atoms with Crippen molar-refractivity contribution >= 4 is 27.7 Å². The Balaban J connectivity index is 3.14. The molecule has 0 atom stereocenters. The topological polar surface area (TPSA) is 53.4 Å². The molecule has 0 amide bonds. The molecule has 1 rings (SSSR count). The largest absolute Gasteiger partial charge is 0.480 e. The van der Waals surface area contributed by atoms with Crippen molar-refractivity contribution in [3.05, 3.63) is 22.3 Å². The maximum Gasteiger partial charge on any atom is 0.434 e. The Bertz CT molecular complexity index is 466. The number of pyridine rings is 1. The molecule has 0 unspecified atom stereocenters. The molecule has 4 nitrogen and oxygen atoms in total. The maximum absolute atomic E-state index is 12.7. The quantitative estimate of drug-likeness (QED) is 0.894. The van der Waals surface area contributed by atoms with E-state index in [1.165, 1.54) is 17.0 Å². The van der Waals surface area contributed by atoms with Gasteiger partial charge < -0.3 is 10.0 Å². The predicted octanol–water partition coefficient (Wildman–Crippen LogP) is 3.16. The zero-order chi connectivity index (χ0) is 14.6. The number of hydrogen-bond donors (Lipinski definition) is 1. The summed E-state index contributed by atoms with van der Waals surface area (Å²) in [6, 6.07) is 2.58. The normalized spacial score (nSPS) is 11.4. The molecule has 0 saturated carbocycles. The zero-order valence-electron chi connectivity index (χ0n) is 10.0. The second kappa shape index (κ2) is 6.23. The molecule has 0 spiro atoms. The van der Waals surface area contributed by atoms with Gasteiger partial charge in [0.1, 0.15) is 12.4 Å². The number of hydrogen-bond acceptors (Lipinski definition) is 3. The Hall–Kier alpha value is -1.31. The number of carboxylic acids is 1. The molecular formula is C11H12BrF3N2O2. The van der Waals surface area contributed by atoms with E-state index in [1.54, 1.807) is 6.92 Å². The van der Waals surface area contributed by atoms with Crippen molar-refractivity contribution < 1.29 is 23.1 Å². The number of carbonyl (C=O) groups is 1. The number of halogens is 4. The van der Waals surface area contributed by atoms with E-state index in [1.807, 2.05) is 0 Å². The van der Waals surface area contributed by atoms with Crippen LogP contribution in [0.15, 0.2) is 16.6 Å². The first kappa shape index (κ1) is 15.7. The molecule has 19 heavy (non-hydrogen) atoms. The van der Waals surface area contributed by atoms with Crippen LogP contribution in [0.2, 0.25) is 0 Å². The summed E-state index contributed by atoms with van der Waals surface area (Å²) in [4.78, 5) is 15.5. The molecule has 0 aliphatic heterocycles. The van der Waals surface area contributed by atoms with Crippen molar-refractivity contribution in [3.63, 3.8) is 0 Å². The van der Waals surface area contributed by atoms with E-state index in [0.717, 1.165) is 0 Å². The molecule has 1 aromatic heterocycles. The monoisotopic (exact) mass is 340 g/mol. The molecule has 1 heterocycles. The number of nitrogens with zero attached hydrogens (tertiary/aromatic N) is 2. The molecule has 1 N–H and O–H groups in total. The van der Waals surface area contributed by atoms with Gasteiger partial charge in [0.25, 0.3) is 0 Å². The van der Waals surface area contributed by atoms with E-state index in [4.69, 9.17) is 5.11 Å². The van der Waals surface area contributed by atoms with Crippen LogP contribution in [0.4, 0.5) is 19.0 Å². The standard InChI is InChI=1S/C11H12BrF3N2O2/c1-2-5-17(6-9(18)19)8-4-3-7(12)10(16-8)11(13,14)15/h3-4H,2,5-6H2,1H3,(H,18,19). The first-order valence-electron chi connectivity index (χ1n) is 5.46. The molecule has 0 fully saturated rings. The highest BCUT2D eigenvalue weighted by Crippen LogP contribution is 2.34. The smallest absolute Gasteiger partial charge is 0.434 e. The van der Waals surface area contributed by atoms with Gasteiger partial charge in [-0.1, -0.05) is 6.92 Å². The minimum absolute atomic E-state index is 0.000208. The summed E-state index contributed by atoms with van der Waals surface area (Å²) in [5, 5.41) is 8.75. The van der Waals surface area contributed by atoms with Gasteiger partial charge in [-0.3, -0.25) is 4.79 Å². The maximum atomic E-state index is 12.7. The van der Waals surface area contributed by atoms with E-state index in [0.29, 0.717) is 13.0 Å². The first-order chi connectivity index (χ1) is 8.75. The van der Waals surface area contributed by atoms with E-state index in [9.17, 15) is 18.0 Å². The number of carboxylic acid groups (broad SMARTS) is 1. The highest BCUT2D eigenvalue weighted by molar-refractivity contribution is 9.10. The van der Waals surface area contributed by atoms with Crippen LogP contribution in [0.25, 0.3) is 0 Å². The van der Waals surface area contributed by atoms with Crippen LogP contribution in [-0.2, 0) is 11.0 Å². The molecule has 1 aromatic rings. The fraction of sp³-hybridized carbons (Fsp3) is 0.455. The number of anilines is 1. The van der Waals surface area contributed by atoms with Crippen molar-refractivity contribution in [1.82, 2.24) is 4.98 Å². The number of aliphatic carboxylic acids is 1. The van der Waals surface area contributed by atoms with E-state index in [-0.39, 0.29) is 16.8 Å². The summed E-state index contributed by atoms with van der Waals surface area (Å²) >= 11 is 2.79. The molecule has 0 saturated heterocycles. The molecule has 106 valence electrons. The third-order valence-corrected chi connectivity index (χ3v) is 2.88. The lowest BCUT2D eigenvalue weighted by molar-refractivity contribution is -0.141. The lowest BCUT2D eigenvalue weighted by Crippen LogP contribution is -2.31. The van der Waals surface area contributed by atoms with Gasteiger partial charge in [0.05, 0.1) is 0 Å². The van der Waals surface area contributed by atoms with Crippen LogP contribution in [0.3, 0.4) is 0 Å². The van der Waals surface area contributed by atoms with Crippen molar-refractivity contribution in [2.24, 2.45) is 0 Å². The highest BCUT2D eigenvalue weighted by atomic mass is 79.9. The molecule has 0 aliphatic rings. The lowest BCUT2D eigenvalue weighted by atomic mass is 10.3. The fourth-order valence-corrected chi connectivity index (χ4v) is 1.96. The highest BCUT2D eigenvalue weighted by Gasteiger charge is 2.35. The van der Waals surface area contributed by atoms with Gasteiger partial charge in [0, 0.05) is 11.0 Å². The summed E-state index contributed by atoms with van der Waals surface area (Å²) in [5.74, 6) is -1.12. The van der Waals surface area contributed by atoms with Gasteiger partial charge in [-0.2, -0.15) is 13.2 Å². The Morgan fingerprint density at radius 3 is 2.58 bits per heavy atom. The molecule has 0 aliphatic carbocycles. The number of aromatic nitrogens is 1. The summed E-state index contributed by atoms with van der Waals surface area (Å²) < 4.78 is 38.0. The molecular weight excluding hydrogens is 329 g/mol. The first-order valence-corrected chi connectivity index (χ1v) is 6.25. The van der Waals surface area contributed by atoms with Crippen LogP contribution in [0, 0.1) is 0 Å². The second-order valence-electron chi connectivity index (χ2n) is 3.81. The van der Waals surface area contributed by atoms with Crippen LogP contribution in [-0.4, -0.2) is 29.1 Å². The van der Waals surface area contributed by atoms with Gasteiger partial charge in [-0.15, -0.1) is 0 Å². The molecule has 0 radical (unpaired) electrons. The van der Waals surface area contributed by atoms with Crippen molar-refractivity contribution in [2.75, 3.05) is 18.0 Å². The Kier molecular flexibility index (Phi) is 5.16. The van der Waals surface area contributed by atoms with Crippen molar-refractivity contribution in [3.8, 4) is 0 Å². The SMILES string of the molecule is CCCN(CC(=O)O)c1ccc(Br)c(C(F)(F)F)n1. The molecule has 8 heteroatoms. The molecule has 0 aromatic carbocycles. The van der Waals surface area contributed by atoms with Gasteiger partial charge >= 0.3 is 12.1 Å². The van der Waals surface area contributed by atoms with E-state index < -0.39 is 17.8 Å². The lowest BCUT2D eigenvalue weighted by Gasteiger charge is -2.22. The van der Waals surface area contributed by atoms with Crippen molar-refractivity contribution in [1.29, 1.82) is 0 Å². The summed E-state index contributed by atoms with van der Waals surface area (Å²) in [5.41, 5.74) is -1.06.